The van der Waals surface area contributed by atoms with E-state index < -0.39 is 12.2 Å². The first kappa shape index (κ1) is 14.2. The van der Waals surface area contributed by atoms with Gasteiger partial charge in [-0.15, -0.1) is 0 Å². The van der Waals surface area contributed by atoms with E-state index in [4.69, 9.17) is 5.84 Å². The Kier molecular flexibility index (Phi) is 7.03. The predicted octanol–water partition coefficient (Wildman–Crippen LogP) is 0.678. The summed E-state index contributed by atoms with van der Waals surface area (Å²) in [6.45, 7) is 5.83. The number of nitrogens with one attached hydrogen (secondary N) is 1. The molecule has 4 heteroatoms. The van der Waals surface area contributed by atoms with Crippen molar-refractivity contribution in [2.24, 2.45) is 11.8 Å². The minimum absolute atomic E-state index is 0.340. The van der Waals surface area contributed by atoms with Gasteiger partial charge in [-0.1, -0.05) is 26.0 Å². The summed E-state index contributed by atoms with van der Waals surface area (Å²) >= 11 is 0. The van der Waals surface area contributed by atoms with Crippen molar-refractivity contribution in [1.82, 2.24) is 5.43 Å². The maximum atomic E-state index is 9.82. The van der Waals surface area contributed by atoms with E-state index in [1.807, 2.05) is 20.8 Å². The van der Waals surface area contributed by atoms with E-state index in [0.29, 0.717) is 17.9 Å². The monoisotopic (exact) mass is 214 g/mol. The van der Waals surface area contributed by atoms with E-state index in [2.05, 4.69) is 5.43 Å². The zero-order valence-corrected chi connectivity index (χ0v) is 9.64. The molecule has 4 nitrogen and oxygen atoms in total. The summed E-state index contributed by atoms with van der Waals surface area (Å²) in [6, 6.07) is 0. The van der Waals surface area contributed by atoms with Crippen LogP contribution >= 0.6 is 0 Å². The molecule has 88 valence electrons. The number of hydrogen-bond donors (Lipinski definition) is 4. The number of nitrogens with two attached hydrogens (primary N) is 1. The quantitative estimate of drug-likeness (QED) is 0.298. The lowest BCUT2D eigenvalue weighted by molar-refractivity contribution is 0.0302. The van der Waals surface area contributed by atoms with Crippen LogP contribution in [0.15, 0.2) is 23.9 Å². The molecule has 0 saturated heterocycles. The van der Waals surface area contributed by atoms with Crippen molar-refractivity contribution in [3.63, 3.8) is 0 Å². The molecule has 0 aromatic carbocycles. The Morgan fingerprint density at radius 2 is 2.00 bits per heavy atom. The molecule has 0 spiro atoms. The molecule has 0 bridgehead atoms. The van der Waals surface area contributed by atoms with E-state index >= 15 is 0 Å². The lowest BCUT2D eigenvalue weighted by Crippen LogP contribution is -2.30. The third kappa shape index (κ3) is 5.57. The van der Waals surface area contributed by atoms with Gasteiger partial charge in [0.05, 0.1) is 6.10 Å². The molecule has 15 heavy (non-hydrogen) atoms. The van der Waals surface area contributed by atoms with Gasteiger partial charge in [-0.2, -0.15) is 0 Å². The minimum atomic E-state index is -0.903. The van der Waals surface area contributed by atoms with Crippen LogP contribution in [0.1, 0.15) is 27.2 Å². The van der Waals surface area contributed by atoms with Crippen LogP contribution in [-0.4, -0.2) is 22.4 Å². The Hall–Kier alpha value is -0.840. The van der Waals surface area contributed by atoms with Gasteiger partial charge in [0.25, 0.3) is 0 Å². The third-order valence-corrected chi connectivity index (χ3v) is 2.03. The molecule has 2 atom stereocenters. The Balaban J connectivity index is 4.48. The molecule has 0 aliphatic rings. The molecule has 0 aromatic rings. The molecule has 0 amide bonds. The summed E-state index contributed by atoms with van der Waals surface area (Å²) in [5.74, 6) is 5.49. The maximum absolute atomic E-state index is 9.82. The average molecular weight is 214 g/mol. The number of allylic oxidation sites excluding steroid dienone is 1. The summed E-state index contributed by atoms with van der Waals surface area (Å²) in [4.78, 5) is 0. The lowest BCUT2D eigenvalue weighted by Gasteiger charge is -2.20. The van der Waals surface area contributed by atoms with Gasteiger partial charge in [0.1, 0.15) is 6.10 Å². The van der Waals surface area contributed by atoms with Gasteiger partial charge >= 0.3 is 0 Å². The van der Waals surface area contributed by atoms with Crippen LogP contribution in [0.2, 0.25) is 0 Å². The zero-order valence-electron chi connectivity index (χ0n) is 9.64. The number of rotatable bonds is 6. The molecule has 0 aromatic heterocycles. The van der Waals surface area contributed by atoms with Crippen LogP contribution < -0.4 is 11.3 Å². The Labute approximate surface area is 91.5 Å². The highest BCUT2D eigenvalue weighted by molar-refractivity contribution is 5.23. The van der Waals surface area contributed by atoms with Gasteiger partial charge in [-0.3, -0.25) is 5.84 Å². The number of aliphatic hydroxyl groups is 2. The molecule has 5 N–H and O–H groups in total. The largest absolute Gasteiger partial charge is 0.390 e. The SMILES string of the molecule is C/C=C\C(=C/NN)[C@@H](O)[C@@H](O)CC(C)C. The maximum Gasteiger partial charge on any atom is 0.106 e. The fourth-order valence-corrected chi connectivity index (χ4v) is 1.35. The normalized spacial score (nSPS) is 17.1. The molecular formula is C11H22N2O2. The number of hydrazine groups is 1. The molecular weight excluding hydrogens is 192 g/mol. The van der Waals surface area contributed by atoms with Gasteiger partial charge in [0, 0.05) is 6.20 Å². The van der Waals surface area contributed by atoms with E-state index in [9.17, 15) is 10.2 Å². The smallest absolute Gasteiger partial charge is 0.106 e. The average Bonchev–Trinajstić information content (AvgIpc) is 2.15. The first-order valence-electron chi connectivity index (χ1n) is 5.17. The van der Waals surface area contributed by atoms with Gasteiger partial charge in [0.2, 0.25) is 0 Å². The fourth-order valence-electron chi connectivity index (χ4n) is 1.35. The Morgan fingerprint density at radius 1 is 1.40 bits per heavy atom. The summed E-state index contributed by atoms with van der Waals surface area (Å²) < 4.78 is 0. The standard InChI is InChI=1S/C11H22N2O2/c1-4-5-9(7-13-12)11(15)10(14)6-8(2)3/h4-5,7-8,10-11,13-15H,6,12H2,1-3H3/b5-4-,9-7+/t10-,11+/m0/s1. The summed E-state index contributed by atoms with van der Waals surface area (Å²) in [7, 11) is 0. The van der Waals surface area contributed by atoms with Crippen LogP contribution in [0, 0.1) is 5.92 Å². The Bertz CT molecular complexity index is 225. The lowest BCUT2D eigenvalue weighted by atomic mass is 9.97. The predicted molar refractivity (Wildman–Crippen MR) is 61.7 cm³/mol. The van der Waals surface area contributed by atoms with Crippen molar-refractivity contribution >= 4 is 0 Å². The van der Waals surface area contributed by atoms with Crippen LogP contribution in [0.25, 0.3) is 0 Å². The van der Waals surface area contributed by atoms with Gasteiger partial charge in [0.15, 0.2) is 0 Å². The first-order valence-corrected chi connectivity index (χ1v) is 5.17. The minimum Gasteiger partial charge on any atom is -0.390 e. The van der Waals surface area contributed by atoms with Gasteiger partial charge in [-0.05, 0) is 24.8 Å². The summed E-state index contributed by atoms with van der Waals surface area (Å²) in [6.07, 6.45) is 3.87. The van der Waals surface area contributed by atoms with Crippen molar-refractivity contribution in [2.45, 2.75) is 39.4 Å². The fraction of sp³-hybridized carbons (Fsp3) is 0.636. The van der Waals surface area contributed by atoms with E-state index in [1.165, 1.54) is 6.20 Å². The van der Waals surface area contributed by atoms with Crippen molar-refractivity contribution < 1.29 is 10.2 Å². The molecule has 0 unspecified atom stereocenters. The topological polar surface area (TPSA) is 78.5 Å². The van der Waals surface area contributed by atoms with E-state index in [0.717, 1.165) is 0 Å². The summed E-state index contributed by atoms with van der Waals surface area (Å²) in [5.41, 5.74) is 2.93. The first-order chi connectivity index (χ1) is 7.02. The van der Waals surface area contributed by atoms with Crippen LogP contribution in [0.5, 0.6) is 0 Å². The highest BCUT2D eigenvalue weighted by Gasteiger charge is 2.19. The second kappa shape index (κ2) is 7.45. The Morgan fingerprint density at radius 3 is 2.40 bits per heavy atom. The molecule has 0 aliphatic carbocycles. The highest BCUT2D eigenvalue weighted by Crippen LogP contribution is 2.14. The second-order valence-corrected chi connectivity index (χ2v) is 3.95. The van der Waals surface area contributed by atoms with E-state index in [-0.39, 0.29) is 0 Å². The van der Waals surface area contributed by atoms with Crippen LogP contribution in [0.4, 0.5) is 0 Å². The van der Waals surface area contributed by atoms with Crippen molar-refractivity contribution in [3.8, 4) is 0 Å². The van der Waals surface area contributed by atoms with Crippen LogP contribution in [-0.2, 0) is 0 Å². The van der Waals surface area contributed by atoms with Gasteiger partial charge < -0.3 is 15.6 Å². The number of hydrogen-bond acceptors (Lipinski definition) is 4. The van der Waals surface area contributed by atoms with Crippen molar-refractivity contribution in [1.29, 1.82) is 0 Å². The molecule has 0 radical (unpaired) electrons. The number of aliphatic hydroxyl groups excluding tert-OH is 2. The second-order valence-electron chi connectivity index (χ2n) is 3.95. The third-order valence-electron chi connectivity index (χ3n) is 2.03. The highest BCUT2D eigenvalue weighted by atomic mass is 16.3. The molecule has 0 fully saturated rings. The van der Waals surface area contributed by atoms with Crippen molar-refractivity contribution in [2.75, 3.05) is 0 Å². The molecule has 0 rings (SSSR count). The summed E-state index contributed by atoms with van der Waals surface area (Å²) in [5, 5.41) is 19.5. The van der Waals surface area contributed by atoms with Gasteiger partial charge in [-0.25, -0.2) is 0 Å². The molecule has 0 heterocycles. The van der Waals surface area contributed by atoms with Crippen molar-refractivity contribution in [3.05, 3.63) is 23.9 Å². The van der Waals surface area contributed by atoms with E-state index in [1.54, 1.807) is 12.2 Å². The molecule has 0 aliphatic heterocycles. The zero-order chi connectivity index (χ0) is 11.8. The molecule has 0 saturated carbocycles. The van der Waals surface area contributed by atoms with Crippen LogP contribution in [0.3, 0.4) is 0 Å².